The van der Waals surface area contributed by atoms with E-state index < -0.39 is 10.0 Å². The van der Waals surface area contributed by atoms with Crippen LogP contribution in [0.2, 0.25) is 0 Å². The fraction of sp³-hybridized carbons (Fsp3) is 0.143. The molecule has 0 heterocycles. The van der Waals surface area contributed by atoms with Gasteiger partial charge in [-0.2, -0.15) is 0 Å². The van der Waals surface area contributed by atoms with Crippen LogP contribution >= 0.6 is 0 Å². The van der Waals surface area contributed by atoms with E-state index in [0.29, 0.717) is 17.0 Å². The quantitative estimate of drug-likeness (QED) is 0.884. The van der Waals surface area contributed by atoms with Gasteiger partial charge in [0.1, 0.15) is 5.75 Å². The number of methoxy groups -OCH3 is 1. The highest BCUT2D eigenvalue weighted by atomic mass is 32.2. The zero-order valence-electron chi connectivity index (χ0n) is 10.9. The van der Waals surface area contributed by atoms with Crippen molar-refractivity contribution in [1.82, 2.24) is 0 Å². The summed E-state index contributed by atoms with van der Waals surface area (Å²) in [4.78, 5) is 0.111. The molecule has 20 heavy (non-hydrogen) atoms. The summed E-state index contributed by atoms with van der Waals surface area (Å²) < 4.78 is 31.9. The molecule has 0 aliphatic heterocycles. The minimum absolute atomic E-state index is 0.111. The Morgan fingerprint density at radius 3 is 2.45 bits per heavy atom. The van der Waals surface area contributed by atoms with Gasteiger partial charge in [-0.25, -0.2) is 8.42 Å². The van der Waals surface area contributed by atoms with E-state index in [1.807, 2.05) is 0 Å². The average Bonchev–Trinajstić information content (AvgIpc) is 2.48. The molecule has 0 fully saturated rings. The van der Waals surface area contributed by atoms with Crippen molar-refractivity contribution in [3.8, 4) is 5.75 Å². The van der Waals surface area contributed by atoms with Gasteiger partial charge in [0, 0.05) is 5.69 Å². The van der Waals surface area contributed by atoms with E-state index in [1.54, 1.807) is 43.5 Å². The Balaban J connectivity index is 2.25. The lowest BCUT2D eigenvalue weighted by Gasteiger charge is -2.09. The zero-order chi connectivity index (χ0) is 14.6. The maximum absolute atomic E-state index is 12.2. The van der Waals surface area contributed by atoms with Gasteiger partial charge in [0.05, 0.1) is 18.6 Å². The Hall–Kier alpha value is -2.05. The van der Waals surface area contributed by atoms with Crippen LogP contribution < -0.4 is 9.46 Å². The second-order valence-corrected chi connectivity index (χ2v) is 5.82. The van der Waals surface area contributed by atoms with Crippen LogP contribution in [-0.4, -0.2) is 20.6 Å². The molecule has 0 radical (unpaired) electrons. The molecular formula is C14H15NO4S. The fourth-order valence-corrected chi connectivity index (χ4v) is 2.81. The van der Waals surface area contributed by atoms with E-state index >= 15 is 0 Å². The number of rotatable bonds is 5. The third-order valence-corrected chi connectivity index (χ3v) is 4.11. The summed E-state index contributed by atoms with van der Waals surface area (Å²) in [5.41, 5.74) is 0.989. The molecule has 2 rings (SSSR count). The van der Waals surface area contributed by atoms with Crippen LogP contribution in [0.1, 0.15) is 5.56 Å². The van der Waals surface area contributed by atoms with Crippen LogP contribution in [0.4, 0.5) is 5.69 Å². The Kier molecular flexibility index (Phi) is 4.26. The molecule has 0 aliphatic rings. The van der Waals surface area contributed by atoms with Gasteiger partial charge in [-0.05, 0) is 42.0 Å². The monoisotopic (exact) mass is 293 g/mol. The molecule has 6 heteroatoms. The molecule has 2 aromatic rings. The Labute approximate surface area is 117 Å². The maximum atomic E-state index is 12.2. The van der Waals surface area contributed by atoms with Crippen molar-refractivity contribution < 1.29 is 18.3 Å². The first-order chi connectivity index (χ1) is 9.55. The average molecular weight is 293 g/mol. The number of hydrogen-bond acceptors (Lipinski definition) is 4. The lowest BCUT2D eigenvalue weighted by atomic mass is 10.2. The molecule has 0 saturated heterocycles. The Morgan fingerprint density at radius 1 is 1.15 bits per heavy atom. The summed E-state index contributed by atoms with van der Waals surface area (Å²) in [5.74, 6) is 0.648. The van der Waals surface area contributed by atoms with Crippen molar-refractivity contribution in [2.75, 3.05) is 11.8 Å². The number of hydrogen-bond donors (Lipinski definition) is 2. The molecule has 0 amide bonds. The minimum Gasteiger partial charge on any atom is -0.497 e. The van der Waals surface area contributed by atoms with E-state index in [0.717, 1.165) is 0 Å². The molecule has 0 saturated carbocycles. The zero-order valence-corrected chi connectivity index (χ0v) is 11.7. The van der Waals surface area contributed by atoms with Crippen LogP contribution in [0.5, 0.6) is 5.75 Å². The Bertz CT molecular complexity index is 681. The normalized spacial score (nSPS) is 11.1. The van der Waals surface area contributed by atoms with Gasteiger partial charge in [-0.3, -0.25) is 4.72 Å². The largest absolute Gasteiger partial charge is 0.497 e. The van der Waals surface area contributed by atoms with Crippen LogP contribution in [0.25, 0.3) is 0 Å². The summed E-state index contributed by atoms with van der Waals surface area (Å²) in [5, 5.41) is 9.05. The molecule has 2 N–H and O–H groups in total. The van der Waals surface area contributed by atoms with Crippen molar-refractivity contribution in [3.05, 3.63) is 54.1 Å². The van der Waals surface area contributed by atoms with Crippen molar-refractivity contribution in [2.45, 2.75) is 11.5 Å². The minimum atomic E-state index is -3.67. The highest BCUT2D eigenvalue weighted by Crippen LogP contribution is 2.19. The molecule has 0 unspecified atom stereocenters. The number of aliphatic hydroxyl groups excluding tert-OH is 1. The van der Waals surface area contributed by atoms with Crippen molar-refractivity contribution in [1.29, 1.82) is 0 Å². The maximum Gasteiger partial charge on any atom is 0.261 e. The first-order valence-electron chi connectivity index (χ1n) is 5.92. The summed E-state index contributed by atoms with van der Waals surface area (Å²) in [6.45, 7) is -0.202. The van der Waals surface area contributed by atoms with Crippen LogP contribution in [0.3, 0.4) is 0 Å². The Morgan fingerprint density at radius 2 is 1.85 bits per heavy atom. The predicted octanol–water partition coefficient (Wildman–Crippen LogP) is 1.99. The molecule has 0 aromatic heterocycles. The second kappa shape index (κ2) is 5.94. The molecular weight excluding hydrogens is 278 g/mol. The van der Waals surface area contributed by atoms with Gasteiger partial charge in [0.15, 0.2) is 0 Å². The number of anilines is 1. The highest BCUT2D eigenvalue weighted by Gasteiger charge is 2.14. The third-order valence-electron chi connectivity index (χ3n) is 2.73. The molecule has 2 aromatic carbocycles. The lowest BCUT2D eigenvalue weighted by molar-refractivity contribution is 0.281. The van der Waals surface area contributed by atoms with E-state index in [-0.39, 0.29) is 11.5 Å². The van der Waals surface area contributed by atoms with E-state index in [1.165, 1.54) is 12.1 Å². The van der Waals surface area contributed by atoms with Gasteiger partial charge in [-0.15, -0.1) is 0 Å². The molecule has 106 valence electrons. The number of benzene rings is 2. The van der Waals surface area contributed by atoms with Gasteiger partial charge in [0.25, 0.3) is 10.0 Å². The topological polar surface area (TPSA) is 75.6 Å². The number of aliphatic hydroxyl groups is 1. The lowest BCUT2D eigenvalue weighted by Crippen LogP contribution is -2.13. The second-order valence-electron chi connectivity index (χ2n) is 4.14. The third kappa shape index (κ3) is 3.28. The first kappa shape index (κ1) is 14.4. The molecule has 0 bridgehead atoms. The van der Waals surface area contributed by atoms with Crippen LogP contribution in [0.15, 0.2) is 53.4 Å². The number of ether oxygens (including phenoxy) is 1. The molecule has 0 aliphatic carbocycles. The highest BCUT2D eigenvalue weighted by molar-refractivity contribution is 7.92. The standard InChI is InChI=1S/C14H15NO4S/c1-19-13-7-5-12(6-8-13)15-20(17,18)14-4-2-3-11(9-14)10-16/h2-9,15-16H,10H2,1H3. The van der Waals surface area contributed by atoms with E-state index in [2.05, 4.69) is 4.72 Å². The number of sulfonamides is 1. The van der Waals surface area contributed by atoms with Gasteiger partial charge < -0.3 is 9.84 Å². The summed E-state index contributed by atoms with van der Waals surface area (Å²) in [6.07, 6.45) is 0. The fourth-order valence-electron chi connectivity index (χ4n) is 1.68. The molecule has 0 atom stereocenters. The summed E-state index contributed by atoms with van der Waals surface area (Å²) in [6, 6.07) is 12.7. The van der Waals surface area contributed by atoms with Crippen LogP contribution in [-0.2, 0) is 16.6 Å². The molecule has 0 spiro atoms. The van der Waals surface area contributed by atoms with Gasteiger partial charge in [-0.1, -0.05) is 12.1 Å². The van der Waals surface area contributed by atoms with E-state index in [4.69, 9.17) is 9.84 Å². The SMILES string of the molecule is COc1ccc(NS(=O)(=O)c2cccc(CO)c2)cc1. The smallest absolute Gasteiger partial charge is 0.261 e. The van der Waals surface area contributed by atoms with Crippen molar-refractivity contribution in [3.63, 3.8) is 0 Å². The number of nitrogens with one attached hydrogen (secondary N) is 1. The van der Waals surface area contributed by atoms with Gasteiger partial charge in [0.2, 0.25) is 0 Å². The van der Waals surface area contributed by atoms with Crippen molar-refractivity contribution >= 4 is 15.7 Å². The van der Waals surface area contributed by atoms with Crippen molar-refractivity contribution in [2.24, 2.45) is 0 Å². The summed E-state index contributed by atoms with van der Waals surface area (Å²) >= 11 is 0. The van der Waals surface area contributed by atoms with E-state index in [9.17, 15) is 8.42 Å². The molecule has 5 nitrogen and oxygen atoms in total. The van der Waals surface area contributed by atoms with Gasteiger partial charge >= 0.3 is 0 Å². The predicted molar refractivity (Wildman–Crippen MR) is 76.2 cm³/mol. The first-order valence-corrected chi connectivity index (χ1v) is 7.40. The van der Waals surface area contributed by atoms with Crippen LogP contribution in [0, 0.1) is 0 Å². The summed E-state index contributed by atoms with van der Waals surface area (Å²) in [7, 11) is -2.13.